The fourth-order valence-corrected chi connectivity index (χ4v) is 3.83. The quantitative estimate of drug-likeness (QED) is 0.333. The van der Waals surface area contributed by atoms with Gasteiger partial charge in [-0.1, -0.05) is 55.2 Å². The maximum atomic E-state index is 12.7. The molecule has 3 rings (SSSR count). The van der Waals surface area contributed by atoms with Gasteiger partial charge in [0.05, 0.1) is 16.8 Å². The molecular weight excluding hydrogens is 465 g/mol. The van der Waals surface area contributed by atoms with E-state index in [1.165, 1.54) is 18.3 Å². The van der Waals surface area contributed by atoms with Gasteiger partial charge < -0.3 is 15.6 Å². The number of carbonyl (C=O) groups is 3. The molecule has 0 aliphatic carbocycles. The lowest BCUT2D eigenvalue weighted by molar-refractivity contribution is -0.124. The van der Waals surface area contributed by atoms with Crippen molar-refractivity contribution in [1.29, 1.82) is 0 Å². The molecule has 0 bridgehead atoms. The lowest BCUT2D eigenvalue weighted by atomic mass is 10.0. The Morgan fingerprint density at radius 2 is 1.88 bits per heavy atom. The Bertz CT molecular complexity index is 1240. The summed E-state index contributed by atoms with van der Waals surface area (Å²) in [7, 11) is 0. The number of carbonyl (C=O) groups excluding carboxylic acids is 3. The van der Waals surface area contributed by atoms with Gasteiger partial charge >= 0.3 is 0 Å². The molecule has 0 spiro atoms. The van der Waals surface area contributed by atoms with Crippen LogP contribution in [0, 0.1) is 5.92 Å². The average molecular weight is 488 g/mol. The summed E-state index contributed by atoms with van der Waals surface area (Å²) in [5.74, 6) is -1.67. The van der Waals surface area contributed by atoms with Crippen LogP contribution in [0.2, 0.25) is 10.0 Å². The Morgan fingerprint density at radius 1 is 1.15 bits per heavy atom. The van der Waals surface area contributed by atoms with Crippen molar-refractivity contribution in [1.82, 2.24) is 15.3 Å². The van der Waals surface area contributed by atoms with Gasteiger partial charge in [0.1, 0.15) is 12.6 Å². The van der Waals surface area contributed by atoms with Crippen LogP contribution in [0.15, 0.2) is 53.8 Å². The van der Waals surface area contributed by atoms with Crippen LogP contribution in [0.5, 0.6) is 0 Å². The van der Waals surface area contributed by atoms with Crippen molar-refractivity contribution < 1.29 is 14.4 Å². The second kappa shape index (κ2) is 10.5. The maximum Gasteiger partial charge on any atom is 0.262 e. The number of nitrogens with zero attached hydrogens (tertiary/aromatic N) is 2. The van der Waals surface area contributed by atoms with Crippen LogP contribution in [0.4, 0.5) is 0 Å². The summed E-state index contributed by atoms with van der Waals surface area (Å²) in [5.41, 5.74) is 9.52. The van der Waals surface area contributed by atoms with Crippen molar-refractivity contribution in [3.8, 4) is 0 Å². The number of nitrogens with two attached hydrogens (primary N) is 1. The van der Waals surface area contributed by atoms with E-state index in [1.807, 2.05) is 24.3 Å². The van der Waals surface area contributed by atoms with Crippen LogP contribution in [0.3, 0.4) is 0 Å². The number of hydrogen-bond acceptors (Lipinski definition) is 4. The molecule has 2 aromatic carbocycles. The van der Waals surface area contributed by atoms with Gasteiger partial charge in [0, 0.05) is 27.7 Å². The van der Waals surface area contributed by atoms with Crippen molar-refractivity contribution >= 4 is 58.0 Å². The summed E-state index contributed by atoms with van der Waals surface area (Å²) in [5, 5.41) is 8.18. The van der Waals surface area contributed by atoms with Crippen molar-refractivity contribution in [2.45, 2.75) is 26.4 Å². The topological polar surface area (TPSA) is 119 Å². The predicted octanol–water partition coefficient (Wildman–Crippen LogP) is 3.34. The van der Waals surface area contributed by atoms with E-state index in [2.05, 4.69) is 15.8 Å². The van der Waals surface area contributed by atoms with Gasteiger partial charge in [-0.2, -0.15) is 5.10 Å². The number of primary amides is 1. The zero-order valence-corrected chi connectivity index (χ0v) is 19.5. The summed E-state index contributed by atoms with van der Waals surface area (Å²) in [6.07, 6.45) is 3.21. The molecule has 0 saturated heterocycles. The Balaban J connectivity index is 1.74. The average Bonchev–Trinajstić information content (AvgIpc) is 3.08. The Morgan fingerprint density at radius 3 is 2.55 bits per heavy atom. The van der Waals surface area contributed by atoms with E-state index in [9.17, 15) is 14.4 Å². The van der Waals surface area contributed by atoms with Crippen molar-refractivity contribution in [3.63, 3.8) is 0 Å². The summed E-state index contributed by atoms with van der Waals surface area (Å²) >= 11 is 12.0. The number of aromatic nitrogens is 1. The fourth-order valence-electron chi connectivity index (χ4n) is 3.34. The first-order valence-electron chi connectivity index (χ1n) is 10.1. The molecule has 172 valence electrons. The van der Waals surface area contributed by atoms with E-state index in [0.29, 0.717) is 10.6 Å². The molecule has 0 radical (unpaired) electrons. The number of nitrogens with one attached hydrogen (secondary N) is 2. The smallest absolute Gasteiger partial charge is 0.262 e. The molecule has 0 aliphatic heterocycles. The fraction of sp³-hybridized carbons (Fsp3) is 0.217. The van der Waals surface area contributed by atoms with Gasteiger partial charge in [0.15, 0.2) is 0 Å². The van der Waals surface area contributed by atoms with Gasteiger partial charge in [-0.25, -0.2) is 5.43 Å². The molecular formula is C23H23Cl2N5O3. The van der Waals surface area contributed by atoms with Gasteiger partial charge in [-0.3, -0.25) is 14.4 Å². The zero-order chi connectivity index (χ0) is 24.1. The molecule has 10 heteroatoms. The Labute approximate surface area is 200 Å². The zero-order valence-electron chi connectivity index (χ0n) is 18.0. The maximum absolute atomic E-state index is 12.7. The molecule has 3 aromatic rings. The van der Waals surface area contributed by atoms with Crippen LogP contribution in [0.25, 0.3) is 10.9 Å². The molecule has 0 saturated carbocycles. The number of halogens is 2. The lowest BCUT2D eigenvalue weighted by Crippen LogP contribution is -2.48. The first-order valence-corrected chi connectivity index (χ1v) is 10.9. The first kappa shape index (κ1) is 24.3. The lowest BCUT2D eigenvalue weighted by Gasteiger charge is -2.20. The van der Waals surface area contributed by atoms with E-state index in [1.54, 1.807) is 30.7 Å². The molecule has 1 aromatic heterocycles. The highest BCUT2D eigenvalue weighted by molar-refractivity contribution is 6.36. The highest BCUT2D eigenvalue weighted by Crippen LogP contribution is 2.22. The number of fused-ring (bicyclic) bond motifs is 1. The van der Waals surface area contributed by atoms with Gasteiger partial charge in [-0.15, -0.1) is 0 Å². The van der Waals surface area contributed by atoms with Gasteiger partial charge in [0.2, 0.25) is 5.91 Å². The van der Waals surface area contributed by atoms with E-state index in [4.69, 9.17) is 28.9 Å². The molecule has 0 fully saturated rings. The molecule has 0 aliphatic rings. The number of hydrazone groups is 1. The van der Waals surface area contributed by atoms with Crippen LogP contribution in [-0.2, 0) is 16.1 Å². The first-order chi connectivity index (χ1) is 15.7. The van der Waals surface area contributed by atoms with Crippen LogP contribution in [-0.4, -0.2) is 34.5 Å². The minimum absolute atomic E-state index is 0.0232. The third-order valence-electron chi connectivity index (χ3n) is 4.94. The summed E-state index contributed by atoms with van der Waals surface area (Å²) < 4.78 is 1.72. The Hall–Kier alpha value is -3.36. The number of amides is 3. The number of hydrogen-bond donors (Lipinski definition) is 3. The van der Waals surface area contributed by atoms with Crippen LogP contribution >= 0.6 is 23.2 Å². The number of benzene rings is 2. The standard InChI is InChI=1S/C23H23Cl2N5O3/c1-13(2)21(28-22(32)17-8-7-15(24)9-18(17)25)23(33)29-27-10-14-11-30(12-20(26)31)19-6-4-3-5-16(14)19/h3-11,13,21H,12H2,1-2H3,(H2,26,31)(H,28,32)(H,29,33). The van der Waals surface area contributed by atoms with E-state index in [-0.39, 0.29) is 23.0 Å². The van der Waals surface area contributed by atoms with Gasteiger partial charge in [-0.05, 0) is 30.2 Å². The molecule has 4 N–H and O–H groups in total. The highest BCUT2D eigenvalue weighted by atomic mass is 35.5. The minimum Gasteiger partial charge on any atom is -0.368 e. The van der Waals surface area contributed by atoms with E-state index >= 15 is 0 Å². The minimum atomic E-state index is -0.849. The van der Waals surface area contributed by atoms with Crippen molar-refractivity contribution in [3.05, 3.63) is 69.8 Å². The molecule has 8 nitrogen and oxygen atoms in total. The van der Waals surface area contributed by atoms with E-state index in [0.717, 1.165) is 10.9 Å². The Kier molecular flexibility index (Phi) is 7.73. The third-order valence-corrected chi connectivity index (χ3v) is 5.48. The third kappa shape index (κ3) is 5.91. The largest absolute Gasteiger partial charge is 0.368 e. The molecule has 1 unspecified atom stereocenters. The van der Waals surface area contributed by atoms with Crippen molar-refractivity contribution in [2.24, 2.45) is 16.8 Å². The summed E-state index contributed by atoms with van der Waals surface area (Å²) in [6.45, 7) is 3.62. The van der Waals surface area contributed by atoms with Gasteiger partial charge in [0.25, 0.3) is 11.8 Å². The van der Waals surface area contributed by atoms with E-state index < -0.39 is 23.8 Å². The SMILES string of the molecule is CC(C)C(NC(=O)c1ccc(Cl)cc1Cl)C(=O)NN=Cc1cn(CC(N)=O)c2ccccc12. The number of para-hydroxylation sites is 1. The normalized spacial score (nSPS) is 12.3. The number of rotatable bonds is 8. The second-order valence-electron chi connectivity index (χ2n) is 7.75. The highest BCUT2D eigenvalue weighted by Gasteiger charge is 2.25. The monoisotopic (exact) mass is 487 g/mol. The predicted molar refractivity (Wildman–Crippen MR) is 129 cm³/mol. The van der Waals surface area contributed by atoms with Crippen LogP contribution < -0.4 is 16.5 Å². The summed E-state index contributed by atoms with van der Waals surface area (Å²) in [6, 6.07) is 11.1. The van der Waals surface area contributed by atoms with Crippen LogP contribution in [0.1, 0.15) is 29.8 Å². The van der Waals surface area contributed by atoms with Crippen molar-refractivity contribution in [2.75, 3.05) is 0 Å². The molecule has 1 atom stereocenters. The second-order valence-corrected chi connectivity index (χ2v) is 8.59. The summed E-state index contributed by atoms with van der Waals surface area (Å²) in [4.78, 5) is 36.7. The molecule has 1 heterocycles. The molecule has 3 amide bonds. The molecule has 33 heavy (non-hydrogen) atoms.